The first-order chi connectivity index (χ1) is 8.67. The third-order valence-electron chi connectivity index (χ3n) is 2.73. The van der Waals surface area contributed by atoms with Crippen LogP contribution < -0.4 is 5.32 Å². The first-order valence-electron chi connectivity index (χ1n) is 6.68. The number of rotatable bonds is 7. The fourth-order valence-corrected chi connectivity index (χ4v) is 1.85. The van der Waals surface area contributed by atoms with Crippen LogP contribution in [0.15, 0.2) is 35.3 Å². The zero-order valence-corrected chi connectivity index (χ0v) is 12.0. The highest BCUT2D eigenvalue weighted by atomic mass is 16.5. The summed E-state index contributed by atoms with van der Waals surface area (Å²) in [6.07, 6.45) is 8.29. The van der Waals surface area contributed by atoms with E-state index < -0.39 is 0 Å². The minimum Gasteiger partial charge on any atom is -0.493 e. The van der Waals surface area contributed by atoms with E-state index in [-0.39, 0.29) is 0 Å². The highest BCUT2D eigenvalue weighted by molar-refractivity contribution is 5.34. The van der Waals surface area contributed by atoms with Crippen molar-refractivity contribution in [2.45, 2.75) is 39.7 Å². The van der Waals surface area contributed by atoms with E-state index in [1.54, 1.807) is 7.11 Å². The van der Waals surface area contributed by atoms with Crippen LogP contribution in [-0.2, 0) is 9.47 Å². The number of hydrogen-bond donors (Lipinski definition) is 1. The van der Waals surface area contributed by atoms with E-state index in [0.717, 1.165) is 30.9 Å². The molecule has 0 unspecified atom stereocenters. The molecule has 0 aromatic heterocycles. The number of methoxy groups -OCH3 is 1. The van der Waals surface area contributed by atoms with Gasteiger partial charge in [0.2, 0.25) is 0 Å². The Labute approximate surface area is 111 Å². The van der Waals surface area contributed by atoms with E-state index >= 15 is 0 Å². The van der Waals surface area contributed by atoms with Crippen LogP contribution in [-0.4, -0.2) is 26.3 Å². The molecule has 0 bridgehead atoms. The van der Waals surface area contributed by atoms with Crippen LogP contribution in [0.2, 0.25) is 0 Å². The minimum absolute atomic E-state index is 0.527. The second kappa shape index (κ2) is 7.98. The van der Waals surface area contributed by atoms with Gasteiger partial charge in [-0.3, -0.25) is 0 Å². The summed E-state index contributed by atoms with van der Waals surface area (Å²) >= 11 is 0. The summed E-state index contributed by atoms with van der Waals surface area (Å²) in [4.78, 5) is 0. The topological polar surface area (TPSA) is 30.5 Å². The average Bonchev–Trinajstić information content (AvgIpc) is 2.51. The van der Waals surface area contributed by atoms with Gasteiger partial charge in [-0.2, -0.15) is 0 Å². The van der Waals surface area contributed by atoms with Crippen molar-refractivity contribution in [3.63, 3.8) is 0 Å². The molecular weight excluding hydrogens is 226 g/mol. The lowest BCUT2D eigenvalue weighted by atomic mass is 10.1. The summed E-state index contributed by atoms with van der Waals surface area (Å²) in [7, 11) is 1.68. The number of hydrogen-bond acceptors (Lipinski definition) is 3. The normalized spacial score (nSPS) is 15.7. The summed E-state index contributed by atoms with van der Waals surface area (Å²) in [6.45, 7) is 7.95. The molecule has 1 aliphatic carbocycles. The summed E-state index contributed by atoms with van der Waals surface area (Å²) < 4.78 is 11.0. The molecular formula is C15H25NO2. The molecule has 0 saturated carbocycles. The quantitative estimate of drug-likeness (QED) is 0.754. The smallest absolute Gasteiger partial charge is 0.161 e. The van der Waals surface area contributed by atoms with Gasteiger partial charge in [-0.25, -0.2) is 0 Å². The van der Waals surface area contributed by atoms with Crippen molar-refractivity contribution in [2.75, 3.05) is 20.3 Å². The molecule has 0 radical (unpaired) electrons. The van der Waals surface area contributed by atoms with E-state index in [4.69, 9.17) is 9.47 Å². The Balaban J connectivity index is 2.64. The van der Waals surface area contributed by atoms with Gasteiger partial charge in [0.1, 0.15) is 0 Å². The maximum absolute atomic E-state index is 5.63. The lowest BCUT2D eigenvalue weighted by molar-refractivity contribution is 0.186. The summed E-state index contributed by atoms with van der Waals surface area (Å²) in [5, 5.41) is 3.43. The van der Waals surface area contributed by atoms with E-state index in [9.17, 15) is 0 Å². The molecule has 0 aromatic carbocycles. The van der Waals surface area contributed by atoms with Crippen LogP contribution in [0.1, 0.15) is 33.6 Å². The molecule has 1 rings (SSSR count). The van der Waals surface area contributed by atoms with Crippen LogP contribution in [0, 0.1) is 0 Å². The van der Waals surface area contributed by atoms with Crippen molar-refractivity contribution >= 4 is 0 Å². The van der Waals surface area contributed by atoms with Gasteiger partial charge in [0.05, 0.1) is 13.7 Å². The van der Waals surface area contributed by atoms with Crippen molar-refractivity contribution < 1.29 is 9.47 Å². The van der Waals surface area contributed by atoms with Gasteiger partial charge in [0.25, 0.3) is 0 Å². The lowest BCUT2D eigenvalue weighted by Crippen LogP contribution is -2.23. The molecule has 0 heterocycles. The molecule has 0 aliphatic heterocycles. The summed E-state index contributed by atoms with van der Waals surface area (Å²) in [5.74, 6) is 1.67. The van der Waals surface area contributed by atoms with Crippen molar-refractivity contribution in [1.82, 2.24) is 5.32 Å². The number of allylic oxidation sites excluding steroid dienone is 3. The van der Waals surface area contributed by atoms with Gasteiger partial charge in [0.15, 0.2) is 11.5 Å². The van der Waals surface area contributed by atoms with Gasteiger partial charge < -0.3 is 14.8 Å². The van der Waals surface area contributed by atoms with Crippen molar-refractivity contribution in [3.05, 3.63) is 35.3 Å². The maximum atomic E-state index is 5.63. The predicted molar refractivity (Wildman–Crippen MR) is 75.3 cm³/mol. The molecule has 18 heavy (non-hydrogen) atoms. The molecule has 3 heteroatoms. The molecule has 0 saturated heterocycles. The molecule has 0 spiro atoms. The fourth-order valence-electron chi connectivity index (χ4n) is 1.85. The van der Waals surface area contributed by atoms with Crippen molar-refractivity contribution in [3.8, 4) is 0 Å². The Morgan fingerprint density at radius 2 is 2.06 bits per heavy atom. The van der Waals surface area contributed by atoms with E-state index in [2.05, 4.69) is 37.4 Å². The monoisotopic (exact) mass is 251 g/mol. The van der Waals surface area contributed by atoms with E-state index in [1.165, 1.54) is 5.57 Å². The van der Waals surface area contributed by atoms with Gasteiger partial charge in [0, 0.05) is 6.04 Å². The lowest BCUT2D eigenvalue weighted by Gasteiger charge is -2.12. The number of ether oxygens (including phenoxy) is 2. The molecule has 1 aliphatic rings. The molecule has 1 N–H and O–H groups in total. The molecule has 3 nitrogen and oxygen atoms in total. The van der Waals surface area contributed by atoms with Crippen molar-refractivity contribution in [2.24, 2.45) is 0 Å². The third kappa shape index (κ3) is 4.96. The molecule has 0 fully saturated rings. The Hall–Kier alpha value is -1.22. The molecule has 0 atom stereocenters. The van der Waals surface area contributed by atoms with Gasteiger partial charge in [-0.05, 0) is 44.0 Å². The average molecular weight is 251 g/mol. The van der Waals surface area contributed by atoms with Crippen LogP contribution >= 0.6 is 0 Å². The number of nitrogens with one attached hydrogen (secondary N) is 1. The van der Waals surface area contributed by atoms with Gasteiger partial charge in [-0.1, -0.05) is 19.9 Å². The summed E-state index contributed by atoms with van der Waals surface area (Å²) in [5.41, 5.74) is 1.30. The maximum Gasteiger partial charge on any atom is 0.161 e. The first kappa shape index (κ1) is 14.8. The second-order valence-electron chi connectivity index (χ2n) is 4.59. The summed E-state index contributed by atoms with van der Waals surface area (Å²) in [6, 6.07) is 0.527. The zero-order valence-electron chi connectivity index (χ0n) is 12.0. The Morgan fingerprint density at radius 1 is 1.28 bits per heavy atom. The highest BCUT2D eigenvalue weighted by Gasteiger charge is 2.10. The Morgan fingerprint density at radius 3 is 2.67 bits per heavy atom. The Bertz CT molecular complexity index is 340. The minimum atomic E-state index is 0.527. The molecule has 0 aromatic rings. The standard InChI is InChI=1S/C15H25NO2/c1-5-18-15-11-13(9-10-16-12(2)3)7-6-8-14(15)17-4/h7-8,11-12,16H,5-6,9-10H2,1-4H3. The third-order valence-corrected chi connectivity index (χ3v) is 2.73. The van der Waals surface area contributed by atoms with Crippen LogP contribution in [0.3, 0.4) is 0 Å². The van der Waals surface area contributed by atoms with Crippen LogP contribution in [0.4, 0.5) is 0 Å². The van der Waals surface area contributed by atoms with Gasteiger partial charge >= 0.3 is 0 Å². The largest absolute Gasteiger partial charge is 0.493 e. The second-order valence-corrected chi connectivity index (χ2v) is 4.59. The first-order valence-corrected chi connectivity index (χ1v) is 6.68. The zero-order chi connectivity index (χ0) is 13.4. The van der Waals surface area contributed by atoms with Crippen LogP contribution in [0.5, 0.6) is 0 Å². The van der Waals surface area contributed by atoms with Crippen LogP contribution in [0.25, 0.3) is 0 Å². The fraction of sp³-hybridized carbons (Fsp3) is 0.600. The SMILES string of the molecule is CCOC1=CC(CCNC(C)C)=CCC=C1OC. The highest BCUT2D eigenvalue weighted by Crippen LogP contribution is 2.21. The van der Waals surface area contributed by atoms with E-state index in [0.29, 0.717) is 12.6 Å². The predicted octanol–water partition coefficient (Wildman–Crippen LogP) is 3.16. The van der Waals surface area contributed by atoms with E-state index in [1.807, 2.05) is 6.92 Å². The Kier molecular flexibility index (Phi) is 6.58. The molecule has 0 amide bonds. The molecule has 102 valence electrons. The van der Waals surface area contributed by atoms with Crippen molar-refractivity contribution in [1.29, 1.82) is 0 Å². The van der Waals surface area contributed by atoms with Gasteiger partial charge in [-0.15, -0.1) is 0 Å².